The normalized spacial score (nSPS) is 22.9. The van der Waals surface area contributed by atoms with Crippen LogP contribution in [0.15, 0.2) is 30.3 Å². The van der Waals surface area contributed by atoms with Crippen LogP contribution in [0.1, 0.15) is 24.3 Å². The lowest BCUT2D eigenvalue weighted by atomic mass is 9.92. The van der Waals surface area contributed by atoms with Crippen molar-refractivity contribution < 1.29 is 0 Å². The summed E-state index contributed by atoms with van der Waals surface area (Å²) in [5, 5.41) is 12.5. The predicted octanol–water partition coefficient (Wildman–Crippen LogP) is 2.05. The zero-order valence-electron chi connectivity index (χ0n) is 8.11. The lowest BCUT2D eigenvalue weighted by Crippen LogP contribution is -2.27. The maximum atomic E-state index is 9.15. The van der Waals surface area contributed by atoms with E-state index in [0.29, 0.717) is 6.04 Å². The van der Waals surface area contributed by atoms with Crippen LogP contribution in [0.25, 0.3) is 0 Å². The van der Waals surface area contributed by atoms with Gasteiger partial charge in [-0.15, -0.1) is 0 Å². The fraction of sp³-hybridized carbons (Fsp3) is 0.417. The van der Waals surface area contributed by atoms with Gasteiger partial charge in [-0.3, -0.25) is 0 Å². The molecule has 1 N–H and O–H groups in total. The van der Waals surface area contributed by atoms with Crippen molar-refractivity contribution >= 4 is 0 Å². The van der Waals surface area contributed by atoms with Crippen molar-refractivity contribution in [3.8, 4) is 6.07 Å². The van der Waals surface area contributed by atoms with E-state index in [4.69, 9.17) is 5.26 Å². The Kier molecular flexibility index (Phi) is 2.81. The number of nitrogens with one attached hydrogen (secondary N) is 1. The van der Waals surface area contributed by atoms with Gasteiger partial charge in [-0.1, -0.05) is 30.3 Å². The molecular formula is C12H14N2. The highest BCUT2D eigenvalue weighted by atomic mass is 14.9. The summed E-state index contributed by atoms with van der Waals surface area (Å²) in [5.74, 6) is 0.0127. The van der Waals surface area contributed by atoms with Gasteiger partial charge >= 0.3 is 0 Å². The first-order valence-corrected chi connectivity index (χ1v) is 5.10. The highest BCUT2D eigenvalue weighted by Gasteiger charge is 2.25. The van der Waals surface area contributed by atoms with Crippen LogP contribution in [-0.2, 0) is 0 Å². The lowest BCUT2D eigenvalue weighted by Gasteiger charge is -2.16. The Morgan fingerprint density at radius 2 is 2.14 bits per heavy atom. The van der Waals surface area contributed by atoms with E-state index in [1.807, 2.05) is 30.3 Å². The molecule has 1 fully saturated rings. The quantitative estimate of drug-likeness (QED) is 0.767. The van der Waals surface area contributed by atoms with E-state index in [2.05, 4.69) is 11.4 Å². The molecule has 72 valence electrons. The van der Waals surface area contributed by atoms with Crippen LogP contribution in [0, 0.1) is 11.3 Å². The zero-order chi connectivity index (χ0) is 9.80. The van der Waals surface area contributed by atoms with E-state index in [0.717, 1.165) is 18.5 Å². The van der Waals surface area contributed by atoms with Crippen LogP contribution in [0.5, 0.6) is 0 Å². The SMILES string of the molecule is N#C[C@H](c1ccccc1)[C@H]1CCCN1. The molecule has 0 amide bonds. The highest BCUT2D eigenvalue weighted by Crippen LogP contribution is 2.24. The molecule has 2 atom stereocenters. The Hall–Kier alpha value is -1.33. The molecule has 0 radical (unpaired) electrons. The number of hydrogen-bond acceptors (Lipinski definition) is 2. The molecule has 14 heavy (non-hydrogen) atoms. The van der Waals surface area contributed by atoms with Gasteiger partial charge < -0.3 is 5.32 Å². The van der Waals surface area contributed by atoms with Crippen molar-refractivity contribution in [2.75, 3.05) is 6.54 Å². The molecule has 1 heterocycles. The monoisotopic (exact) mass is 186 g/mol. The zero-order valence-corrected chi connectivity index (χ0v) is 8.11. The molecule has 2 rings (SSSR count). The minimum atomic E-state index is 0.0127. The molecule has 2 nitrogen and oxygen atoms in total. The van der Waals surface area contributed by atoms with Crippen molar-refractivity contribution in [2.24, 2.45) is 0 Å². The first kappa shape index (κ1) is 9.23. The van der Waals surface area contributed by atoms with Gasteiger partial charge in [0.1, 0.15) is 0 Å². The van der Waals surface area contributed by atoms with Gasteiger partial charge in [0.15, 0.2) is 0 Å². The van der Waals surface area contributed by atoms with Crippen LogP contribution < -0.4 is 5.32 Å². The van der Waals surface area contributed by atoms with Crippen LogP contribution in [0.3, 0.4) is 0 Å². The summed E-state index contributed by atoms with van der Waals surface area (Å²) in [4.78, 5) is 0. The summed E-state index contributed by atoms with van der Waals surface area (Å²) in [5.41, 5.74) is 1.13. The summed E-state index contributed by atoms with van der Waals surface area (Å²) in [6.45, 7) is 1.05. The third-order valence-corrected chi connectivity index (χ3v) is 2.80. The van der Waals surface area contributed by atoms with Crippen molar-refractivity contribution in [1.82, 2.24) is 5.32 Å². The highest BCUT2D eigenvalue weighted by molar-refractivity contribution is 5.27. The number of benzene rings is 1. The lowest BCUT2D eigenvalue weighted by molar-refractivity contribution is 0.558. The smallest absolute Gasteiger partial charge is 0.0865 e. The van der Waals surface area contributed by atoms with Gasteiger partial charge in [-0.25, -0.2) is 0 Å². The fourth-order valence-electron chi connectivity index (χ4n) is 2.05. The van der Waals surface area contributed by atoms with Gasteiger partial charge in [-0.05, 0) is 24.9 Å². The summed E-state index contributed by atoms with van der Waals surface area (Å²) in [6, 6.07) is 12.8. The minimum Gasteiger partial charge on any atom is -0.312 e. The van der Waals surface area contributed by atoms with Crippen molar-refractivity contribution in [3.05, 3.63) is 35.9 Å². The van der Waals surface area contributed by atoms with Crippen LogP contribution >= 0.6 is 0 Å². The van der Waals surface area contributed by atoms with Crippen molar-refractivity contribution in [2.45, 2.75) is 24.8 Å². The third kappa shape index (κ3) is 1.78. The van der Waals surface area contributed by atoms with Crippen molar-refractivity contribution in [1.29, 1.82) is 5.26 Å². The molecule has 0 aromatic heterocycles. The average molecular weight is 186 g/mol. The molecule has 1 aromatic carbocycles. The Morgan fingerprint density at radius 3 is 2.71 bits per heavy atom. The summed E-state index contributed by atoms with van der Waals surface area (Å²) in [6.07, 6.45) is 2.31. The first-order chi connectivity index (χ1) is 6.92. The molecule has 1 aliphatic rings. The van der Waals surface area contributed by atoms with Gasteiger partial charge in [0.25, 0.3) is 0 Å². The maximum Gasteiger partial charge on any atom is 0.0865 e. The first-order valence-electron chi connectivity index (χ1n) is 5.10. The molecule has 0 bridgehead atoms. The Morgan fingerprint density at radius 1 is 1.36 bits per heavy atom. The van der Waals surface area contributed by atoms with E-state index < -0.39 is 0 Å². The Bertz CT molecular complexity index is 320. The number of nitrogens with zero attached hydrogens (tertiary/aromatic N) is 1. The standard InChI is InChI=1S/C12H14N2/c13-9-11(12-7-4-8-14-12)10-5-2-1-3-6-10/h1-3,5-6,11-12,14H,4,7-8H2/t11-,12-/m1/s1. The van der Waals surface area contributed by atoms with E-state index in [-0.39, 0.29) is 5.92 Å². The Balaban J connectivity index is 2.18. The molecule has 2 heteroatoms. The van der Waals surface area contributed by atoms with E-state index in [9.17, 15) is 0 Å². The van der Waals surface area contributed by atoms with E-state index in [1.165, 1.54) is 6.42 Å². The molecule has 0 unspecified atom stereocenters. The summed E-state index contributed by atoms with van der Waals surface area (Å²) < 4.78 is 0. The largest absolute Gasteiger partial charge is 0.312 e. The number of rotatable bonds is 2. The van der Waals surface area contributed by atoms with E-state index >= 15 is 0 Å². The summed E-state index contributed by atoms with van der Waals surface area (Å²) in [7, 11) is 0. The van der Waals surface area contributed by atoms with Gasteiger partial charge in [0, 0.05) is 6.04 Å². The van der Waals surface area contributed by atoms with Crippen molar-refractivity contribution in [3.63, 3.8) is 0 Å². The van der Waals surface area contributed by atoms with Gasteiger partial charge in [0.05, 0.1) is 12.0 Å². The molecule has 0 spiro atoms. The predicted molar refractivity (Wildman–Crippen MR) is 55.8 cm³/mol. The average Bonchev–Trinajstić information content (AvgIpc) is 2.74. The second kappa shape index (κ2) is 4.26. The minimum absolute atomic E-state index is 0.0127. The molecule has 0 saturated carbocycles. The molecule has 1 aromatic rings. The molecule has 1 saturated heterocycles. The second-order valence-electron chi connectivity index (χ2n) is 3.72. The van der Waals surface area contributed by atoms with E-state index in [1.54, 1.807) is 0 Å². The summed E-state index contributed by atoms with van der Waals surface area (Å²) >= 11 is 0. The van der Waals surface area contributed by atoms with Crippen LogP contribution in [0.2, 0.25) is 0 Å². The Labute approximate surface area is 84.6 Å². The molecule has 1 aliphatic heterocycles. The van der Waals surface area contributed by atoms with Crippen LogP contribution in [0.4, 0.5) is 0 Å². The molecule has 0 aliphatic carbocycles. The maximum absolute atomic E-state index is 9.15. The van der Waals surface area contributed by atoms with Gasteiger partial charge in [0.2, 0.25) is 0 Å². The number of nitriles is 1. The third-order valence-electron chi connectivity index (χ3n) is 2.80. The van der Waals surface area contributed by atoms with Gasteiger partial charge in [-0.2, -0.15) is 5.26 Å². The fourth-order valence-corrected chi connectivity index (χ4v) is 2.05. The second-order valence-corrected chi connectivity index (χ2v) is 3.72. The number of hydrogen-bond donors (Lipinski definition) is 1. The molecular weight excluding hydrogens is 172 g/mol. The van der Waals surface area contributed by atoms with Crippen LogP contribution in [-0.4, -0.2) is 12.6 Å². The topological polar surface area (TPSA) is 35.8 Å².